The molecule has 0 amide bonds. The van der Waals surface area contributed by atoms with Crippen molar-refractivity contribution in [1.82, 2.24) is 0 Å². The highest BCUT2D eigenvalue weighted by molar-refractivity contribution is 5.99. The minimum absolute atomic E-state index is 0.0549. The Hall–Kier alpha value is -4.56. The van der Waals surface area contributed by atoms with Gasteiger partial charge in [-0.1, -0.05) is 98.8 Å². The number of fused-ring (bicyclic) bond motifs is 7. The van der Waals surface area contributed by atoms with Gasteiger partial charge in [0.1, 0.15) is 0 Å². The SMILES string of the molecule is CC1(C)c2ccccc2-c2cc3c(cc21)N(c1ccc2ccccc2c1)C1=C(C=C3)c2ccccc2NC1. The van der Waals surface area contributed by atoms with Crippen LogP contribution in [0.3, 0.4) is 0 Å². The van der Waals surface area contributed by atoms with Crippen LogP contribution < -0.4 is 10.2 Å². The van der Waals surface area contributed by atoms with Gasteiger partial charge in [-0.15, -0.1) is 0 Å². The summed E-state index contributed by atoms with van der Waals surface area (Å²) in [5, 5.41) is 6.22. The summed E-state index contributed by atoms with van der Waals surface area (Å²) in [6.45, 7) is 5.49. The number of hydrogen-bond donors (Lipinski definition) is 1. The normalized spacial score (nSPS) is 16.2. The molecule has 2 nitrogen and oxygen atoms in total. The van der Waals surface area contributed by atoms with Crippen molar-refractivity contribution in [2.24, 2.45) is 0 Å². The van der Waals surface area contributed by atoms with Crippen LogP contribution in [-0.2, 0) is 5.41 Å². The van der Waals surface area contributed by atoms with Crippen molar-refractivity contribution < 1.29 is 0 Å². The predicted molar refractivity (Wildman–Crippen MR) is 161 cm³/mol. The maximum absolute atomic E-state index is 3.71. The molecule has 0 unspecified atom stereocenters. The van der Waals surface area contributed by atoms with E-state index in [9.17, 15) is 0 Å². The van der Waals surface area contributed by atoms with Crippen LogP contribution in [0.1, 0.15) is 36.1 Å². The van der Waals surface area contributed by atoms with E-state index < -0.39 is 0 Å². The van der Waals surface area contributed by atoms with Crippen LogP contribution in [0.25, 0.3) is 33.5 Å². The van der Waals surface area contributed by atoms with Crippen LogP contribution in [-0.4, -0.2) is 6.54 Å². The summed E-state index contributed by atoms with van der Waals surface area (Å²) in [7, 11) is 0. The highest BCUT2D eigenvalue weighted by Gasteiger charge is 2.37. The number of para-hydroxylation sites is 1. The van der Waals surface area contributed by atoms with Crippen molar-refractivity contribution in [2.45, 2.75) is 19.3 Å². The van der Waals surface area contributed by atoms with Gasteiger partial charge in [0.15, 0.2) is 0 Å². The minimum Gasteiger partial charge on any atom is -0.379 e. The molecule has 0 spiro atoms. The van der Waals surface area contributed by atoms with Gasteiger partial charge in [-0.3, -0.25) is 0 Å². The van der Waals surface area contributed by atoms with Crippen LogP contribution in [0, 0.1) is 0 Å². The summed E-state index contributed by atoms with van der Waals surface area (Å²) >= 11 is 0. The maximum atomic E-state index is 3.71. The standard InChI is InChI=1S/C36H28N2/c1-36(2)31-13-7-5-11-27(31)30-20-25-16-18-29-28-12-6-8-14-33(28)37-22-35(29)38(34(25)21-32(30)36)26-17-15-23-9-3-4-10-24(23)19-26/h3-21,37H,22H2,1-2H3. The Kier molecular flexibility index (Phi) is 4.37. The molecular formula is C36H28N2. The van der Waals surface area contributed by atoms with Crippen LogP contribution >= 0.6 is 0 Å². The van der Waals surface area contributed by atoms with Gasteiger partial charge in [0.25, 0.3) is 0 Å². The third-order valence-corrected chi connectivity index (χ3v) is 8.64. The molecule has 8 rings (SSSR count). The number of allylic oxidation sites excluding steroid dienone is 2. The van der Waals surface area contributed by atoms with E-state index >= 15 is 0 Å². The van der Waals surface area contributed by atoms with Gasteiger partial charge in [0.05, 0.1) is 17.9 Å². The fourth-order valence-electron chi connectivity index (χ4n) is 6.70. The summed E-state index contributed by atoms with van der Waals surface area (Å²) in [5.74, 6) is 0. The average Bonchev–Trinajstić information content (AvgIpc) is 3.07. The number of nitrogens with one attached hydrogen (secondary N) is 1. The molecule has 5 aromatic rings. The second-order valence-electron chi connectivity index (χ2n) is 11.1. The van der Waals surface area contributed by atoms with Gasteiger partial charge < -0.3 is 10.2 Å². The van der Waals surface area contributed by atoms with Crippen molar-refractivity contribution in [1.29, 1.82) is 0 Å². The zero-order chi connectivity index (χ0) is 25.4. The van der Waals surface area contributed by atoms with E-state index in [-0.39, 0.29) is 5.41 Å². The molecule has 0 saturated carbocycles. The zero-order valence-corrected chi connectivity index (χ0v) is 21.6. The van der Waals surface area contributed by atoms with Crippen LogP contribution in [0.2, 0.25) is 0 Å². The van der Waals surface area contributed by atoms with Gasteiger partial charge in [-0.2, -0.15) is 0 Å². The Balaban J connectivity index is 1.42. The lowest BCUT2D eigenvalue weighted by atomic mass is 9.82. The molecule has 0 fully saturated rings. The molecular weight excluding hydrogens is 460 g/mol. The third kappa shape index (κ3) is 2.95. The minimum atomic E-state index is -0.0549. The smallest absolute Gasteiger partial charge is 0.0563 e. The number of benzene rings is 5. The molecule has 0 atom stereocenters. The number of hydrogen-bond acceptors (Lipinski definition) is 2. The van der Waals surface area contributed by atoms with Gasteiger partial charge in [-0.05, 0) is 68.9 Å². The van der Waals surface area contributed by atoms with Crippen LogP contribution in [0.15, 0.2) is 115 Å². The third-order valence-electron chi connectivity index (χ3n) is 8.64. The lowest BCUT2D eigenvalue weighted by Gasteiger charge is -2.34. The Labute approximate surface area is 223 Å². The van der Waals surface area contributed by atoms with E-state index in [1.54, 1.807) is 0 Å². The zero-order valence-electron chi connectivity index (χ0n) is 21.6. The first kappa shape index (κ1) is 21.5. The monoisotopic (exact) mass is 488 g/mol. The molecule has 0 saturated heterocycles. The lowest BCUT2D eigenvalue weighted by molar-refractivity contribution is 0.660. The average molecular weight is 489 g/mol. The first-order valence-electron chi connectivity index (χ1n) is 13.4. The summed E-state index contributed by atoms with van der Waals surface area (Å²) in [6.07, 6.45) is 4.65. The molecule has 0 aromatic heterocycles. The van der Waals surface area contributed by atoms with Crippen molar-refractivity contribution in [3.05, 3.63) is 137 Å². The van der Waals surface area contributed by atoms with E-state index in [1.807, 2.05) is 0 Å². The van der Waals surface area contributed by atoms with Crippen molar-refractivity contribution in [2.75, 3.05) is 16.8 Å². The molecule has 2 heteroatoms. The molecule has 0 bridgehead atoms. The molecule has 2 heterocycles. The molecule has 5 aromatic carbocycles. The van der Waals surface area contributed by atoms with Gasteiger partial charge in [0.2, 0.25) is 0 Å². The molecule has 1 aliphatic carbocycles. The molecule has 1 N–H and O–H groups in total. The maximum Gasteiger partial charge on any atom is 0.0563 e. The number of rotatable bonds is 1. The van der Waals surface area contributed by atoms with Gasteiger partial charge >= 0.3 is 0 Å². The van der Waals surface area contributed by atoms with Gasteiger partial charge in [0, 0.05) is 27.9 Å². The first-order chi connectivity index (χ1) is 18.6. The second kappa shape index (κ2) is 7.72. The van der Waals surface area contributed by atoms with Crippen molar-refractivity contribution >= 4 is 39.5 Å². The highest BCUT2D eigenvalue weighted by atomic mass is 15.2. The highest BCUT2D eigenvalue weighted by Crippen LogP contribution is 2.52. The van der Waals surface area contributed by atoms with E-state index in [4.69, 9.17) is 0 Å². The number of anilines is 3. The number of nitrogens with zero attached hydrogens (tertiary/aromatic N) is 1. The first-order valence-corrected chi connectivity index (χ1v) is 13.4. The van der Waals surface area contributed by atoms with Crippen LogP contribution in [0.5, 0.6) is 0 Å². The molecule has 0 radical (unpaired) electrons. The Morgan fingerprint density at radius 1 is 0.658 bits per heavy atom. The van der Waals surface area contributed by atoms with E-state index in [2.05, 4.69) is 139 Å². The Morgan fingerprint density at radius 2 is 1.42 bits per heavy atom. The molecule has 38 heavy (non-hydrogen) atoms. The van der Waals surface area contributed by atoms with E-state index in [0.29, 0.717) is 0 Å². The molecule has 182 valence electrons. The fourth-order valence-corrected chi connectivity index (χ4v) is 6.70. The second-order valence-corrected chi connectivity index (χ2v) is 11.1. The topological polar surface area (TPSA) is 15.3 Å². The van der Waals surface area contributed by atoms with Gasteiger partial charge in [-0.25, -0.2) is 0 Å². The quantitative estimate of drug-likeness (QED) is 0.253. The summed E-state index contributed by atoms with van der Waals surface area (Å²) in [4.78, 5) is 2.50. The molecule has 3 aliphatic rings. The largest absolute Gasteiger partial charge is 0.379 e. The summed E-state index contributed by atoms with van der Waals surface area (Å²) in [5.41, 5.74) is 14.1. The predicted octanol–water partition coefficient (Wildman–Crippen LogP) is 9.15. The van der Waals surface area contributed by atoms with E-state index in [0.717, 1.165) is 6.54 Å². The Bertz CT molecular complexity index is 1850. The van der Waals surface area contributed by atoms with E-state index in [1.165, 1.54) is 72.5 Å². The van der Waals surface area contributed by atoms with Crippen molar-refractivity contribution in [3.63, 3.8) is 0 Å². The lowest BCUT2D eigenvalue weighted by Crippen LogP contribution is -2.27. The van der Waals surface area contributed by atoms with Crippen molar-refractivity contribution in [3.8, 4) is 11.1 Å². The fraction of sp³-hybridized carbons (Fsp3) is 0.111. The molecule has 2 aliphatic heterocycles. The Morgan fingerprint density at radius 3 is 2.32 bits per heavy atom. The summed E-state index contributed by atoms with van der Waals surface area (Å²) < 4.78 is 0. The summed E-state index contributed by atoms with van der Waals surface area (Å²) in [6, 6.07) is 37.9. The van der Waals surface area contributed by atoms with Crippen LogP contribution in [0.4, 0.5) is 17.1 Å².